The van der Waals surface area contributed by atoms with Gasteiger partial charge in [0.1, 0.15) is 17.7 Å². The quantitative estimate of drug-likeness (QED) is 0.656. The van der Waals surface area contributed by atoms with Crippen molar-refractivity contribution in [3.8, 4) is 5.75 Å². The lowest BCUT2D eigenvalue weighted by Gasteiger charge is -2.24. The molecule has 8 nitrogen and oxygen atoms in total. The van der Waals surface area contributed by atoms with Crippen molar-refractivity contribution in [2.75, 3.05) is 24.2 Å². The zero-order valence-corrected chi connectivity index (χ0v) is 18.5. The van der Waals surface area contributed by atoms with Crippen molar-refractivity contribution in [1.82, 2.24) is 9.29 Å². The summed E-state index contributed by atoms with van der Waals surface area (Å²) in [6.45, 7) is 6.80. The van der Waals surface area contributed by atoms with Gasteiger partial charge in [-0.05, 0) is 45.9 Å². The highest BCUT2D eigenvalue weighted by molar-refractivity contribution is 7.89. The summed E-state index contributed by atoms with van der Waals surface area (Å²) < 4.78 is 45.2. The SMILES string of the molecule is Cc1ccc(NC(=O)Nc2cc(F)cc(O[C@@H](C)CN(C)S(=O)(=O)C(C)C)c2)cn1. The van der Waals surface area contributed by atoms with Crippen LogP contribution in [-0.2, 0) is 10.0 Å². The lowest BCUT2D eigenvalue weighted by atomic mass is 10.3. The molecule has 164 valence electrons. The Morgan fingerprint density at radius 2 is 1.83 bits per heavy atom. The van der Waals surface area contributed by atoms with Crippen molar-refractivity contribution in [3.63, 3.8) is 0 Å². The Hall–Kier alpha value is -2.72. The summed E-state index contributed by atoms with van der Waals surface area (Å²) in [4.78, 5) is 16.2. The minimum absolute atomic E-state index is 0.0979. The molecule has 0 fully saturated rings. The van der Waals surface area contributed by atoms with Gasteiger partial charge in [0.2, 0.25) is 10.0 Å². The summed E-state index contributed by atoms with van der Waals surface area (Å²) in [6.07, 6.45) is 0.976. The first-order chi connectivity index (χ1) is 14.0. The monoisotopic (exact) mass is 438 g/mol. The van der Waals surface area contributed by atoms with Crippen molar-refractivity contribution in [1.29, 1.82) is 0 Å². The number of rotatable bonds is 8. The van der Waals surface area contributed by atoms with E-state index in [1.54, 1.807) is 32.9 Å². The van der Waals surface area contributed by atoms with Gasteiger partial charge in [0.15, 0.2) is 0 Å². The molecule has 2 amide bonds. The molecular formula is C20H27FN4O4S. The maximum atomic E-state index is 14.0. The molecule has 0 bridgehead atoms. The fraction of sp³-hybridized carbons (Fsp3) is 0.400. The molecule has 0 aliphatic carbocycles. The molecule has 0 saturated carbocycles. The number of likely N-dealkylation sites (N-methyl/N-ethyl adjacent to an activating group) is 1. The average Bonchev–Trinajstić information content (AvgIpc) is 2.62. The molecule has 1 aromatic heterocycles. The summed E-state index contributed by atoms with van der Waals surface area (Å²) in [7, 11) is -1.95. The van der Waals surface area contributed by atoms with Gasteiger partial charge in [0.25, 0.3) is 0 Å². The Kier molecular flexibility index (Phi) is 7.74. The number of ether oxygens (including phenoxy) is 1. The van der Waals surface area contributed by atoms with E-state index in [0.29, 0.717) is 5.69 Å². The number of nitrogens with zero attached hydrogens (tertiary/aromatic N) is 2. The third-order valence-corrected chi connectivity index (χ3v) is 6.39. The number of urea groups is 1. The first kappa shape index (κ1) is 23.6. The summed E-state index contributed by atoms with van der Waals surface area (Å²) >= 11 is 0. The maximum absolute atomic E-state index is 14.0. The molecule has 0 spiro atoms. The molecule has 1 aromatic carbocycles. The third kappa shape index (κ3) is 6.67. The van der Waals surface area contributed by atoms with Gasteiger partial charge < -0.3 is 15.4 Å². The van der Waals surface area contributed by atoms with Crippen LogP contribution in [0, 0.1) is 12.7 Å². The number of aryl methyl sites for hydroxylation is 1. The van der Waals surface area contributed by atoms with Crippen LogP contribution in [0.5, 0.6) is 5.75 Å². The van der Waals surface area contributed by atoms with Crippen molar-refractivity contribution in [2.45, 2.75) is 39.0 Å². The second-order valence-electron chi connectivity index (χ2n) is 7.25. The van der Waals surface area contributed by atoms with Gasteiger partial charge in [-0.25, -0.2) is 21.9 Å². The standard InChI is InChI=1S/C20H27FN4O4S/c1-13(2)30(27,28)25(5)12-15(4)29-19-9-16(21)8-18(10-19)24-20(26)23-17-7-6-14(3)22-11-17/h6-11,13,15H,12H2,1-5H3,(H2,23,24,26)/t15-/m0/s1. The molecule has 30 heavy (non-hydrogen) atoms. The van der Waals surface area contributed by atoms with Crippen molar-refractivity contribution >= 4 is 27.4 Å². The summed E-state index contributed by atoms with van der Waals surface area (Å²) in [6, 6.07) is 6.67. The number of benzene rings is 1. The molecule has 2 rings (SSSR count). The number of amides is 2. The van der Waals surface area contributed by atoms with Crippen LogP contribution in [-0.4, -0.2) is 48.7 Å². The third-order valence-electron chi connectivity index (χ3n) is 4.18. The number of aromatic nitrogens is 1. The van der Waals surface area contributed by atoms with Crippen LogP contribution in [0.1, 0.15) is 26.5 Å². The molecule has 1 heterocycles. The molecular weight excluding hydrogens is 411 g/mol. The second-order valence-corrected chi connectivity index (χ2v) is 9.84. The van der Waals surface area contributed by atoms with E-state index in [4.69, 9.17) is 4.74 Å². The van der Waals surface area contributed by atoms with E-state index in [9.17, 15) is 17.6 Å². The van der Waals surface area contributed by atoms with Crippen LogP contribution in [0.3, 0.4) is 0 Å². The smallest absolute Gasteiger partial charge is 0.323 e. The first-order valence-corrected chi connectivity index (χ1v) is 10.9. The molecule has 0 aliphatic rings. The topological polar surface area (TPSA) is 101 Å². The van der Waals surface area contributed by atoms with Crippen molar-refractivity contribution in [2.24, 2.45) is 0 Å². The lowest BCUT2D eigenvalue weighted by molar-refractivity contribution is 0.194. The van der Waals surface area contributed by atoms with Crippen LogP contribution in [0.2, 0.25) is 0 Å². The van der Waals surface area contributed by atoms with Gasteiger partial charge in [0.05, 0.1) is 23.7 Å². The van der Waals surface area contributed by atoms with Gasteiger partial charge in [-0.2, -0.15) is 0 Å². The molecule has 10 heteroatoms. The normalized spacial score (nSPS) is 12.7. The van der Waals surface area contributed by atoms with Crippen LogP contribution < -0.4 is 15.4 Å². The van der Waals surface area contributed by atoms with E-state index in [0.717, 1.165) is 11.8 Å². The number of nitrogens with one attached hydrogen (secondary N) is 2. The van der Waals surface area contributed by atoms with Gasteiger partial charge in [-0.1, -0.05) is 0 Å². The predicted octanol–water partition coefficient (Wildman–Crippen LogP) is 3.61. The summed E-state index contributed by atoms with van der Waals surface area (Å²) in [5.41, 5.74) is 1.50. The zero-order chi connectivity index (χ0) is 22.5. The van der Waals surface area contributed by atoms with Crippen LogP contribution in [0.15, 0.2) is 36.5 Å². The number of anilines is 2. The van der Waals surface area contributed by atoms with E-state index in [-0.39, 0.29) is 18.0 Å². The molecule has 0 saturated heterocycles. The highest BCUT2D eigenvalue weighted by atomic mass is 32.2. The van der Waals surface area contributed by atoms with Gasteiger partial charge >= 0.3 is 6.03 Å². The molecule has 0 aliphatic heterocycles. The average molecular weight is 439 g/mol. The Morgan fingerprint density at radius 3 is 2.43 bits per heavy atom. The van der Waals surface area contributed by atoms with Crippen LogP contribution in [0.25, 0.3) is 0 Å². The van der Waals surface area contributed by atoms with Gasteiger partial charge in [-0.3, -0.25) is 4.98 Å². The summed E-state index contributed by atoms with van der Waals surface area (Å²) in [5.74, 6) is -0.430. The number of hydrogen-bond donors (Lipinski definition) is 2. The predicted molar refractivity (Wildman–Crippen MR) is 115 cm³/mol. The molecule has 2 N–H and O–H groups in total. The zero-order valence-electron chi connectivity index (χ0n) is 17.6. The Labute approximate surface area is 176 Å². The largest absolute Gasteiger partial charge is 0.489 e. The Balaban J connectivity index is 2.02. The van der Waals surface area contributed by atoms with E-state index in [1.165, 1.54) is 29.7 Å². The number of hydrogen-bond acceptors (Lipinski definition) is 5. The van der Waals surface area contributed by atoms with Crippen molar-refractivity contribution in [3.05, 3.63) is 48.0 Å². The van der Waals surface area contributed by atoms with Crippen LogP contribution in [0.4, 0.5) is 20.6 Å². The number of halogens is 1. The minimum atomic E-state index is -3.42. The number of carbonyl (C=O) groups is 1. The van der Waals surface area contributed by atoms with E-state index < -0.39 is 33.2 Å². The van der Waals surface area contributed by atoms with E-state index in [1.807, 2.05) is 6.92 Å². The summed E-state index contributed by atoms with van der Waals surface area (Å²) in [5, 5.41) is 4.58. The minimum Gasteiger partial charge on any atom is -0.489 e. The van der Waals surface area contributed by atoms with E-state index in [2.05, 4.69) is 15.6 Å². The fourth-order valence-electron chi connectivity index (χ4n) is 2.63. The van der Waals surface area contributed by atoms with E-state index >= 15 is 0 Å². The number of pyridine rings is 1. The highest BCUT2D eigenvalue weighted by Gasteiger charge is 2.24. The Morgan fingerprint density at radius 1 is 1.17 bits per heavy atom. The van der Waals surface area contributed by atoms with Gasteiger partial charge in [0, 0.05) is 30.6 Å². The molecule has 0 unspecified atom stereocenters. The first-order valence-electron chi connectivity index (χ1n) is 9.40. The lowest BCUT2D eigenvalue weighted by Crippen LogP contribution is -2.39. The van der Waals surface area contributed by atoms with Crippen LogP contribution >= 0.6 is 0 Å². The molecule has 1 atom stereocenters. The number of carbonyl (C=O) groups excluding carboxylic acids is 1. The number of sulfonamides is 1. The van der Waals surface area contributed by atoms with Gasteiger partial charge in [-0.15, -0.1) is 0 Å². The maximum Gasteiger partial charge on any atom is 0.323 e. The van der Waals surface area contributed by atoms with Crippen molar-refractivity contribution < 1.29 is 22.3 Å². The molecule has 0 radical (unpaired) electrons. The highest BCUT2D eigenvalue weighted by Crippen LogP contribution is 2.22. The fourth-order valence-corrected chi connectivity index (χ4v) is 3.77. The second kappa shape index (κ2) is 9.86. The Bertz CT molecular complexity index is 981. The molecule has 2 aromatic rings.